The van der Waals surface area contributed by atoms with Gasteiger partial charge in [0.15, 0.2) is 11.4 Å². The van der Waals surface area contributed by atoms with Crippen molar-refractivity contribution in [2.45, 2.75) is 10.9 Å². The van der Waals surface area contributed by atoms with E-state index in [1.807, 2.05) is 0 Å². The van der Waals surface area contributed by atoms with E-state index in [0.717, 1.165) is 32.2 Å². The van der Waals surface area contributed by atoms with Crippen molar-refractivity contribution in [3.05, 3.63) is 22.2 Å². The predicted octanol–water partition coefficient (Wildman–Crippen LogP) is -0.337. The minimum Gasteiger partial charge on any atom is -0.489 e. The zero-order valence-corrected chi connectivity index (χ0v) is 14.7. The summed E-state index contributed by atoms with van der Waals surface area (Å²) in [6.07, 6.45) is 0. The Bertz CT molecular complexity index is 776. The third kappa shape index (κ3) is 4.00. The van der Waals surface area contributed by atoms with Gasteiger partial charge in [0.05, 0.1) is 15.9 Å². The molecule has 0 aliphatic carbocycles. The molecule has 2 aliphatic rings. The molecule has 0 spiro atoms. The van der Waals surface area contributed by atoms with Crippen LogP contribution < -0.4 is 15.2 Å². The molecule has 2 aliphatic heterocycles. The number of sulfonamides is 1. The van der Waals surface area contributed by atoms with Crippen LogP contribution in [0.25, 0.3) is 0 Å². The van der Waals surface area contributed by atoms with Gasteiger partial charge in [-0.25, -0.2) is 13.6 Å². The Morgan fingerprint density at radius 2 is 2.04 bits per heavy atom. The number of anilines is 1. The van der Waals surface area contributed by atoms with E-state index in [-0.39, 0.29) is 28.1 Å². The number of nitrogens with two attached hydrogens (primary N) is 1. The number of hydrogen-bond donors (Lipinski definition) is 2. The lowest BCUT2D eigenvalue weighted by atomic mass is 10.1. The normalized spacial score (nSPS) is 21.9. The molecule has 1 fully saturated rings. The number of primary sulfonamides is 1. The summed E-state index contributed by atoms with van der Waals surface area (Å²) in [5.74, 6) is 0.132. The molecule has 0 radical (unpaired) electrons. The summed E-state index contributed by atoms with van der Waals surface area (Å²) in [7, 11) is -1.99. The average molecular weight is 371 g/mol. The topological polar surface area (TPSA) is 131 Å². The zero-order valence-electron chi connectivity index (χ0n) is 13.8. The minimum absolute atomic E-state index is 0.116. The molecule has 3 N–H and O–H groups in total. The standard InChI is InChI=1S/C14H21N5O5S/c1-17-2-4-18(5-3-17)8-10-9-24-13-7-11(25(15,22)23)6-12(19(20)21)14(13)16-10/h6-7,10,16H,2-5,8-9H2,1H3,(H2,15,22,23)/t10-/m0/s1. The lowest BCUT2D eigenvalue weighted by Gasteiger charge is -2.36. The van der Waals surface area contributed by atoms with Crippen LogP contribution in [0.15, 0.2) is 17.0 Å². The van der Waals surface area contributed by atoms with Crippen LogP contribution >= 0.6 is 0 Å². The van der Waals surface area contributed by atoms with Crippen LogP contribution in [-0.4, -0.2) is 75.6 Å². The fraction of sp³-hybridized carbons (Fsp3) is 0.571. The van der Waals surface area contributed by atoms with Crippen molar-refractivity contribution in [1.82, 2.24) is 9.80 Å². The van der Waals surface area contributed by atoms with Gasteiger partial charge in [-0.05, 0) is 7.05 Å². The Morgan fingerprint density at radius 1 is 1.36 bits per heavy atom. The van der Waals surface area contributed by atoms with Gasteiger partial charge in [0, 0.05) is 44.9 Å². The van der Waals surface area contributed by atoms with Crippen molar-refractivity contribution in [1.29, 1.82) is 0 Å². The molecule has 138 valence electrons. The van der Waals surface area contributed by atoms with Crippen LogP contribution in [0.3, 0.4) is 0 Å². The van der Waals surface area contributed by atoms with Crippen LogP contribution in [0.4, 0.5) is 11.4 Å². The number of nitro groups is 1. The van der Waals surface area contributed by atoms with Crippen LogP contribution in [0.5, 0.6) is 5.75 Å². The highest BCUT2D eigenvalue weighted by molar-refractivity contribution is 7.89. The molecule has 0 amide bonds. The second-order valence-electron chi connectivity index (χ2n) is 6.37. The maximum absolute atomic E-state index is 11.5. The van der Waals surface area contributed by atoms with Crippen molar-refractivity contribution in [3.63, 3.8) is 0 Å². The van der Waals surface area contributed by atoms with Gasteiger partial charge in [-0.2, -0.15) is 0 Å². The van der Waals surface area contributed by atoms with E-state index < -0.39 is 14.9 Å². The minimum atomic E-state index is -4.06. The molecule has 1 atom stereocenters. The van der Waals surface area contributed by atoms with Crippen LogP contribution in [0.1, 0.15) is 0 Å². The summed E-state index contributed by atoms with van der Waals surface area (Å²) < 4.78 is 28.6. The van der Waals surface area contributed by atoms with Crippen molar-refractivity contribution in [2.24, 2.45) is 5.14 Å². The highest BCUT2D eigenvalue weighted by Crippen LogP contribution is 2.39. The molecular formula is C14H21N5O5S. The Morgan fingerprint density at radius 3 is 2.64 bits per heavy atom. The summed E-state index contributed by atoms with van der Waals surface area (Å²) in [5, 5.41) is 19.6. The lowest BCUT2D eigenvalue weighted by Crippen LogP contribution is -2.50. The number of rotatable bonds is 4. The van der Waals surface area contributed by atoms with E-state index in [9.17, 15) is 18.5 Å². The molecule has 1 aromatic carbocycles. The van der Waals surface area contributed by atoms with E-state index in [1.54, 1.807) is 0 Å². The van der Waals surface area contributed by atoms with Crippen molar-refractivity contribution in [3.8, 4) is 5.75 Å². The highest BCUT2D eigenvalue weighted by Gasteiger charge is 2.31. The number of nitro benzene ring substituents is 1. The van der Waals surface area contributed by atoms with E-state index in [1.165, 1.54) is 6.07 Å². The Kier molecular flexibility index (Phi) is 4.82. The van der Waals surface area contributed by atoms with Crippen molar-refractivity contribution >= 4 is 21.4 Å². The van der Waals surface area contributed by atoms with E-state index in [2.05, 4.69) is 22.2 Å². The molecule has 10 nitrogen and oxygen atoms in total. The largest absolute Gasteiger partial charge is 0.489 e. The number of hydrogen-bond acceptors (Lipinski definition) is 8. The number of ether oxygens (including phenoxy) is 1. The second-order valence-corrected chi connectivity index (χ2v) is 7.94. The molecule has 2 heterocycles. The maximum Gasteiger partial charge on any atom is 0.297 e. The zero-order chi connectivity index (χ0) is 18.2. The molecule has 1 aromatic rings. The van der Waals surface area contributed by atoms with Crippen molar-refractivity contribution in [2.75, 3.05) is 51.7 Å². The summed E-state index contributed by atoms with van der Waals surface area (Å²) >= 11 is 0. The molecule has 0 unspecified atom stereocenters. The number of piperazine rings is 1. The van der Waals surface area contributed by atoms with E-state index in [4.69, 9.17) is 9.88 Å². The van der Waals surface area contributed by atoms with Gasteiger partial charge in [0.25, 0.3) is 5.69 Å². The first-order chi connectivity index (χ1) is 11.7. The van der Waals surface area contributed by atoms with Crippen LogP contribution in [0, 0.1) is 10.1 Å². The van der Waals surface area contributed by atoms with E-state index in [0.29, 0.717) is 13.2 Å². The molecular weight excluding hydrogens is 350 g/mol. The Labute approximate surface area is 145 Å². The number of fused-ring (bicyclic) bond motifs is 1. The second kappa shape index (κ2) is 6.75. The van der Waals surface area contributed by atoms with Gasteiger partial charge in [-0.15, -0.1) is 0 Å². The smallest absolute Gasteiger partial charge is 0.297 e. The first kappa shape index (κ1) is 17.9. The summed E-state index contributed by atoms with van der Waals surface area (Å²) in [6.45, 7) is 4.79. The van der Waals surface area contributed by atoms with Gasteiger partial charge in [0.1, 0.15) is 6.61 Å². The van der Waals surface area contributed by atoms with Crippen LogP contribution in [0.2, 0.25) is 0 Å². The molecule has 3 rings (SSSR count). The van der Waals surface area contributed by atoms with E-state index >= 15 is 0 Å². The van der Waals surface area contributed by atoms with Gasteiger partial charge in [-0.3, -0.25) is 15.0 Å². The molecule has 11 heteroatoms. The van der Waals surface area contributed by atoms with Gasteiger partial charge >= 0.3 is 0 Å². The SMILES string of the molecule is CN1CCN(C[C@H]2COc3cc(S(N)(=O)=O)cc([N+](=O)[O-])c3N2)CC1. The van der Waals surface area contributed by atoms with Gasteiger partial charge in [-0.1, -0.05) is 0 Å². The number of benzene rings is 1. The molecule has 0 aromatic heterocycles. The molecule has 0 bridgehead atoms. The monoisotopic (exact) mass is 371 g/mol. The Balaban J connectivity index is 1.81. The maximum atomic E-state index is 11.5. The number of nitrogens with zero attached hydrogens (tertiary/aromatic N) is 3. The number of likely N-dealkylation sites (N-methyl/N-ethyl adjacent to an activating group) is 1. The molecule has 1 saturated heterocycles. The van der Waals surface area contributed by atoms with Gasteiger partial charge in [0.2, 0.25) is 10.0 Å². The molecule has 0 saturated carbocycles. The fourth-order valence-corrected chi connectivity index (χ4v) is 3.57. The first-order valence-electron chi connectivity index (χ1n) is 7.89. The third-order valence-electron chi connectivity index (χ3n) is 4.44. The van der Waals surface area contributed by atoms with Gasteiger partial charge < -0.3 is 15.0 Å². The summed E-state index contributed by atoms with van der Waals surface area (Å²) in [5.41, 5.74) is -0.160. The highest BCUT2D eigenvalue weighted by atomic mass is 32.2. The first-order valence-corrected chi connectivity index (χ1v) is 9.44. The summed E-state index contributed by atoms with van der Waals surface area (Å²) in [6, 6.07) is 2.06. The summed E-state index contributed by atoms with van der Waals surface area (Å²) in [4.78, 5) is 14.9. The van der Waals surface area contributed by atoms with Crippen LogP contribution in [-0.2, 0) is 10.0 Å². The Hall–Kier alpha value is -1.95. The van der Waals surface area contributed by atoms with Crippen molar-refractivity contribution < 1.29 is 18.1 Å². The lowest BCUT2D eigenvalue weighted by molar-refractivity contribution is -0.384. The fourth-order valence-electron chi connectivity index (χ4n) is 3.02. The predicted molar refractivity (Wildman–Crippen MR) is 91.3 cm³/mol. The average Bonchev–Trinajstić information content (AvgIpc) is 2.55. The third-order valence-corrected chi connectivity index (χ3v) is 5.34. The number of nitrogens with one attached hydrogen (secondary N) is 1. The molecule has 25 heavy (non-hydrogen) atoms. The quantitative estimate of drug-likeness (QED) is 0.543.